The number of rotatable bonds is 3. The van der Waals surface area contributed by atoms with E-state index in [4.69, 9.17) is 0 Å². The molecule has 0 bridgehead atoms. The maximum Gasteiger partial charge on any atom is 0.315 e. The number of para-hydroxylation sites is 2. The quantitative estimate of drug-likeness (QED) is 0.689. The zero-order valence-electron chi connectivity index (χ0n) is 12.0. The zero-order chi connectivity index (χ0) is 15.0. The van der Waals surface area contributed by atoms with Gasteiger partial charge in [0.05, 0.1) is 4.92 Å². The zero-order valence-corrected chi connectivity index (χ0v) is 12.0. The summed E-state index contributed by atoms with van der Waals surface area (Å²) in [5.74, 6) is 0. The average Bonchev–Trinajstić information content (AvgIpc) is 2.81. The van der Waals surface area contributed by atoms with Crippen LogP contribution >= 0.6 is 0 Å². The van der Waals surface area contributed by atoms with Crippen LogP contribution in [0, 0.1) is 10.1 Å². The predicted molar refractivity (Wildman–Crippen MR) is 84.4 cm³/mol. The monoisotopic (exact) mass is 283 g/mol. The lowest BCUT2D eigenvalue weighted by atomic mass is 10.1. The van der Waals surface area contributed by atoms with Gasteiger partial charge < -0.3 is 10.2 Å². The van der Waals surface area contributed by atoms with Crippen molar-refractivity contribution in [2.24, 2.45) is 0 Å². The minimum Gasteiger partial charge on any atom is -0.382 e. The summed E-state index contributed by atoms with van der Waals surface area (Å²) in [4.78, 5) is 13.3. The highest BCUT2D eigenvalue weighted by Gasteiger charge is 2.32. The number of fused-ring (bicyclic) bond motifs is 1. The van der Waals surface area contributed by atoms with E-state index in [1.54, 1.807) is 13.1 Å². The topological polar surface area (TPSA) is 58.4 Å². The molecule has 0 spiro atoms. The molecule has 1 heterocycles. The van der Waals surface area contributed by atoms with Crippen molar-refractivity contribution in [3.8, 4) is 0 Å². The fourth-order valence-electron chi connectivity index (χ4n) is 3.05. The second-order valence-electron chi connectivity index (χ2n) is 5.23. The van der Waals surface area contributed by atoms with Gasteiger partial charge in [-0.1, -0.05) is 24.3 Å². The molecule has 0 radical (unpaired) electrons. The summed E-state index contributed by atoms with van der Waals surface area (Å²) < 4.78 is 0. The molecule has 5 heteroatoms. The van der Waals surface area contributed by atoms with Crippen molar-refractivity contribution in [3.05, 3.63) is 58.1 Å². The molecular weight excluding hydrogens is 266 g/mol. The van der Waals surface area contributed by atoms with Crippen LogP contribution in [0.1, 0.15) is 12.5 Å². The molecular formula is C16H17N3O2. The average molecular weight is 283 g/mol. The van der Waals surface area contributed by atoms with Crippen molar-refractivity contribution in [2.45, 2.75) is 19.4 Å². The molecule has 1 aliphatic rings. The fraction of sp³-hybridized carbons (Fsp3) is 0.250. The van der Waals surface area contributed by atoms with Crippen LogP contribution < -0.4 is 10.2 Å². The standard InChI is InChI=1S/C16H17N3O2/c1-11-10-12-6-3-4-8-14(12)18(11)15-9-5-7-13(17-2)16(15)19(20)21/h3-9,11,17H,10H2,1-2H3. The van der Waals surface area contributed by atoms with Gasteiger partial charge in [0.1, 0.15) is 11.4 Å². The van der Waals surface area contributed by atoms with Gasteiger partial charge in [0.25, 0.3) is 0 Å². The van der Waals surface area contributed by atoms with Crippen LogP contribution in [0.5, 0.6) is 0 Å². The Morgan fingerprint density at radius 3 is 2.62 bits per heavy atom. The highest BCUT2D eigenvalue weighted by atomic mass is 16.6. The molecule has 0 aromatic heterocycles. The predicted octanol–water partition coefficient (Wildman–Crippen LogP) is 3.72. The second kappa shape index (κ2) is 5.09. The van der Waals surface area contributed by atoms with E-state index in [1.807, 2.05) is 30.3 Å². The van der Waals surface area contributed by atoms with Crippen molar-refractivity contribution >= 4 is 22.7 Å². The fourth-order valence-corrected chi connectivity index (χ4v) is 3.05. The molecule has 21 heavy (non-hydrogen) atoms. The number of nitrogens with one attached hydrogen (secondary N) is 1. The number of nitro groups is 1. The van der Waals surface area contributed by atoms with E-state index < -0.39 is 0 Å². The Kier molecular flexibility index (Phi) is 3.25. The van der Waals surface area contributed by atoms with Gasteiger partial charge in [0.15, 0.2) is 0 Å². The first kappa shape index (κ1) is 13.4. The molecule has 2 aromatic carbocycles. The van der Waals surface area contributed by atoms with Crippen molar-refractivity contribution < 1.29 is 4.92 Å². The molecule has 0 fully saturated rings. The summed E-state index contributed by atoms with van der Waals surface area (Å²) in [6.45, 7) is 2.09. The van der Waals surface area contributed by atoms with E-state index in [2.05, 4.69) is 23.2 Å². The summed E-state index contributed by atoms with van der Waals surface area (Å²) in [6, 6.07) is 13.7. The number of hydrogen-bond donors (Lipinski definition) is 1. The van der Waals surface area contributed by atoms with Crippen LogP contribution in [0.25, 0.3) is 0 Å². The first-order valence-corrected chi connectivity index (χ1v) is 6.95. The van der Waals surface area contributed by atoms with Gasteiger partial charge in [-0.15, -0.1) is 0 Å². The number of anilines is 3. The molecule has 0 amide bonds. The van der Waals surface area contributed by atoms with Gasteiger partial charge in [-0.2, -0.15) is 0 Å². The second-order valence-corrected chi connectivity index (χ2v) is 5.23. The van der Waals surface area contributed by atoms with Gasteiger partial charge in [-0.25, -0.2) is 0 Å². The summed E-state index contributed by atoms with van der Waals surface area (Å²) in [6.07, 6.45) is 0.900. The van der Waals surface area contributed by atoms with Crippen molar-refractivity contribution in [2.75, 3.05) is 17.3 Å². The number of nitro benzene ring substituents is 1. The Balaban J connectivity index is 2.19. The molecule has 1 unspecified atom stereocenters. The van der Waals surface area contributed by atoms with Gasteiger partial charge in [0.2, 0.25) is 0 Å². The molecule has 5 nitrogen and oxygen atoms in total. The van der Waals surface area contributed by atoms with Gasteiger partial charge in [-0.05, 0) is 37.1 Å². The highest BCUT2D eigenvalue weighted by molar-refractivity contribution is 5.83. The number of hydrogen-bond acceptors (Lipinski definition) is 4. The van der Waals surface area contributed by atoms with E-state index in [1.165, 1.54) is 5.56 Å². The Morgan fingerprint density at radius 2 is 1.90 bits per heavy atom. The van der Waals surface area contributed by atoms with E-state index in [0.29, 0.717) is 11.4 Å². The van der Waals surface area contributed by atoms with E-state index in [0.717, 1.165) is 12.1 Å². The van der Waals surface area contributed by atoms with Gasteiger partial charge in [0, 0.05) is 18.8 Å². The lowest BCUT2D eigenvalue weighted by molar-refractivity contribution is -0.383. The molecule has 1 N–H and O–H groups in total. The molecule has 0 saturated carbocycles. The Labute approximate surface area is 123 Å². The SMILES string of the molecule is CNc1cccc(N2c3ccccc3CC2C)c1[N+](=O)[O-]. The first-order chi connectivity index (χ1) is 10.1. The summed E-state index contributed by atoms with van der Waals surface area (Å²) in [7, 11) is 1.70. The first-order valence-electron chi connectivity index (χ1n) is 6.95. The van der Waals surface area contributed by atoms with Crippen LogP contribution in [-0.4, -0.2) is 18.0 Å². The highest BCUT2D eigenvalue weighted by Crippen LogP contribution is 2.44. The summed E-state index contributed by atoms with van der Waals surface area (Å²) in [5.41, 5.74) is 3.59. The van der Waals surface area contributed by atoms with Crippen LogP contribution in [0.3, 0.4) is 0 Å². The van der Waals surface area contributed by atoms with Crippen LogP contribution in [0.4, 0.5) is 22.7 Å². The molecule has 3 rings (SSSR count). The van der Waals surface area contributed by atoms with Gasteiger partial charge >= 0.3 is 5.69 Å². The smallest absolute Gasteiger partial charge is 0.315 e. The molecule has 0 aliphatic carbocycles. The lowest BCUT2D eigenvalue weighted by Crippen LogP contribution is -2.24. The summed E-state index contributed by atoms with van der Waals surface area (Å²) >= 11 is 0. The van der Waals surface area contributed by atoms with Crippen molar-refractivity contribution in [1.29, 1.82) is 0 Å². The third-order valence-electron chi connectivity index (χ3n) is 3.93. The van der Waals surface area contributed by atoms with Gasteiger partial charge in [-0.3, -0.25) is 10.1 Å². The minimum atomic E-state index is -0.311. The van der Waals surface area contributed by atoms with Crippen LogP contribution in [-0.2, 0) is 6.42 Å². The molecule has 1 aliphatic heterocycles. The van der Waals surface area contributed by atoms with Crippen LogP contribution in [0.2, 0.25) is 0 Å². The summed E-state index contributed by atoms with van der Waals surface area (Å²) in [5, 5.41) is 14.4. The molecule has 108 valence electrons. The van der Waals surface area contributed by atoms with E-state index >= 15 is 0 Å². The Bertz CT molecular complexity index is 700. The lowest BCUT2D eigenvalue weighted by Gasteiger charge is -2.25. The minimum absolute atomic E-state index is 0.128. The largest absolute Gasteiger partial charge is 0.382 e. The van der Waals surface area contributed by atoms with Crippen LogP contribution in [0.15, 0.2) is 42.5 Å². The number of benzene rings is 2. The molecule has 1 atom stereocenters. The third-order valence-corrected chi connectivity index (χ3v) is 3.93. The van der Waals surface area contributed by atoms with Crippen molar-refractivity contribution in [1.82, 2.24) is 0 Å². The normalized spacial score (nSPS) is 16.7. The maximum absolute atomic E-state index is 11.5. The van der Waals surface area contributed by atoms with E-state index in [9.17, 15) is 10.1 Å². The van der Waals surface area contributed by atoms with E-state index in [-0.39, 0.29) is 16.7 Å². The van der Waals surface area contributed by atoms with Crippen molar-refractivity contribution in [3.63, 3.8) is 0 Å². The molecule has 2 aromatic rings. The number of nitrogens with zero attached hydrogens (tertiary/aromatic N) is 2. The molecule has 0 saturated heterocycles. The Hall–Kier alpha value is -2.56. The Morgan fingerprint density at radius 1 is 1.19 bits per heavy atom. The third kappa shape index (κ3) is 2.11. The maximum atomic E-state index is 11.5.